The van der Waals surface area contributed by atoms with Crippen LogP contribution in [0, 0.1) is 12.3 Å². The first-order valence-electron chi connectivity index (χ1n) is 7.15. The first kappa shape index (κ1) is 15.5. The molecule has 0 bridgehead atoms. The lowest BCUT2D eigenvalue weighted by atomic mass is 10.0. The molecule has 3 nitrogen and oxygen atoms in total. The molecule has 1 amide bonds. The van der Waals surface area contributed by atoms with Gasteiger partial charge in [0.2, 0.25) is 5.91 Å². The fraction of sp³-hybridized carbons (Fsp3) is 0.562. The van der Waals surface area contributed by atoms with Crippen molar-refractivity contribution < 1.29 is 4.79 Å². The first-order chi connectivity index (χ1) is 9.46. The molecule has 0 unspecified atom stereocenters. The number of carbonyl (C=O) groups is 1. The Morgan fingerprint density at radius 2 is 2.15 bits per heavy atom. The van der Waals surface area contributed by atoms with Crippen LogP contribution in [0.4, 0.5) is 0 Å². The van der Waals surface area contributed by atoms with Gasteiger partial charge in [-0.15, -0.1) is 0 Å². The molecule has 2 rings (SSSR count). The summed E-state index contributed by atoms with van der Waals surface area (Å²) in [7, 11) is 1.89. The second-order valence-corrected chi connectivity index (χ2v) is 6.94. The number of nitrogens with two attached hydrogens (primary N) is 1. The van der Waals surface area contributed by atoms with Crippen molar-refractivity contribution in [2.75, 3.05) is 20.1 Å². The molecule has 0 aliphatic heterocycles. The monoisotopic (exact) mass is 338 g/mol. The van der Waals surface area contributed by atoms with Gasteiger partial charge in [-0.25, -0.2) is 0 Å². The fourth-order valence-corrected chi connectivity index (χ4v) is 2.95. The number of amides is 1. The largest absolute Gasteiger partial charge is 0.345 e. The van der Waals surface area contributed by atoms with E-state index in [0.717, 1.165) is 30.3 Å². The van der Waals surface area contributed by atoms with E-state index in [1.807, 2.05) is 18.0 Å². The zero-order chi connectivity index (χ0) is 14.8. The van der Waals surface area contributed by atoms with Gasteiger partial charge in [-0.1, -0.05) is 22.0 Å². The molecule has 0 aromatic heterocycles. The molecule has 1 aliphatic rings. The number of hydrogen-bond acceptors (Lipinski definition) is 2. The summed E-state index contributed by atoms with van der Waals surface area (Å²) in [5, 5.41) is 0. The Kier molecular flexibility index (Phi) is 4.86. The van der Waals surface area contributed by atoms with E-state index in [1.165, 1.54) is 11.1 Å². The molecule has 2 N–H and O–H groups in total. The van der Waals surface area contributed by atoms with Gasteiger partial charge in [-0.3, -0.25) is 4.79 Å². The minimum atomic E-state index is 0.212. The number of aryl methyl sites for hydroxylation is 2. The second-order valence-electron chi connectivity index (χ2n) is 6.02. The van der Waals surface area contributed by atoms with E-state index in [-0.39, 0.29) is 11.3 Å². The van der Waals surface area contributed by atoms with Crippen LogP contribution in [0.2, 0.25) is 0 Å². The van der Waals surface area contributed by atoms with Crippen LogP contribution in [0.1, 0.15) is 30.4 Å². The van der Waals surface area contributed by atoms with Crippen LogP contribution in [-0.2, 0) is 11.2 Å². The molecule has 0 heterocycles. The molecule has 1 aromatic carbocycles. The van der Waals surface area contributed by atoms with Crippen molar-refractivity contribution >= 4 is 21.8 Å². The summed E-state index contributed by atoms with van der Waals surface area (Å²) < 4.78 is 1.07. The van der Waals surface area contributed by atoms with E-state index in [0.29, 0.717) is 13.0 Å². The summed E-state index contributed by atoms with van der Waals surface area (Å²) in [5.74, 6) is 0.212. The highest BCUT2D eigenvalue weighted by Crippen LogP contribution is 2.44. The van der Waals surface area contributed by atoms with E-state index in [9.17, 15) is 4.79 Å². The number of halogens is 1. The van der Waals surface area contributed by atoms with Crippen molar-refractivity contribution in [1.29, 1.82) is 0 Å². The van der Waals surface area contributed by atoms with Crippen LogP contribution in [0.5, 0.6) is 0 Å². The number of nitrogens with zero attached hydrogens (tertiary/aromatic N) is 1. The molecular formula is C16H23BrN2O. The summed E-state index contributed by atoms with van der Waals surface area (Å²) in [6, 6.07) is 6.22. The number of rotatable bonds is 6. The SMILES string of the molecule is Cc1ccc(Br)cc1CCC(=O)N(C)CC1(CN)CC1. The lowest BCUT2D eigenvalue weighted by Gasteiger charge is -2.23. The lowest BCUT2D eigenvalue weighted by Crippen LogP contribution is -2.35. The molecule has 0 atom stereocenters. The van der Waals surface area contributed by atoms with E-state index in [1.54, 1.807) is 0 Å². The average Bonchev–Trinajstić information content (AvgIpc) is 3.19. The van der Waals surface area contributed by atoms with Crippen LogP contribution in [0.15, 0.2) is 22.7 Å². The Hall–Kier alpha value is -0.870. The summed E-state index contributed by atoms with van der Waals surface area (Å²) >= 11 is 3.48. The molecule has 1 fully saturated rings. The predicted molar refractivity (Wildman–Crippen MR) is 85.6 cm³/mol. The van der Waals surface area contributed by atoms with Crippen molar-refractivity contribution in [2.24, 2.45) is 11.1 Å². The van der Waals surface area contributed by atoms with Crippen LogP contribution in [0.25, 0.3) is 0 Å². The zero-order valence-electron chi connectivity index (χ0n) is 12.3. The Bertz CT molecular complexity index is 497. The van der Waals surface area contributed by atoms with E-state index < -0.39 is 0 Å². The van der Waals surface area contributed by atoms with Crippen molar-refractivity contribution in [3.8, 4) is 0 Å². The maximum atomic E-state index is 12.2. The van der Waals surface area contributed by atoms with E-state index in [4.69, 9.17) is 5.73 Å². The van der Waals surface area contributed by atoms with Crippen molar-refractivity contribution in [3.63, 3.8) is 0 Å². The highest BCUT2D eigenvalue weighted by Gasteiger charge is 2.42. The molecular weight excluding hydrogens is 316 g/mol. The third-order valence-corrected chi connectivity index (χ3v) is 4.80. The van der Waals surface area contributed by atoms with Crippen molar-refractivity contribution in [3.05, 3.63) is 33.8 Å². The standard InChI is InChI=1S/C16H23BrN2O/c1-12-3-5-14(17)9-13(12)4-6-15(20)19(2)11-16(10-18)7-8-16/h3,5,9H,4,6-8,10-11,18H2,1-2H3. The summed E-state index contributed by atoms with van der Waals surface area (Å²) in [6.07, 6.45) is 3.68. The topological polar surface area (TPSA) is 46.3 Å². The molecule has 1 aromatic rings. The molecule has 20 heavy (non-hydrogen) atoms. The fourth-order valence-electron chi connectivity index (χ4n) is 2.54. The number of benzene rings is 1. The maximum absolute atomic E-state index is 12.2. The summed E-state index contributed by atoms with van der Waals surface area (Å²) in [5.41, 5.74) is 8.47. The Balaban J connectivity index is 1.87. The molecule has 0 saturated heterocycles. The van der Waals surface area contributed by atoms with Gasteiger partial charge in [0.15, 0.2) is 0 Å². The molecule has 1 saturated carbocycles. The molecule has 4 heteroatoms. The van der Waals surface area contributed by atoms with Gasteiger partial charge in [-0.05, 0) is 56.0 Å². The van der Waals surface area contributed by atoms with Gasteiger partial charge in [-0.2, -0.15) is 0 Å². The van der Waals surface area contributed by atoms with Gasteiger partial charge in [0.25, 0.3) is 0 Å². The van der Waals surface area contributed by atoms with Crippen molar-refractivity contribution in [2.45, 2.75) is 32.6 Å². The quantitative estimate of drug-likeness (QED) is 0.866. The number of carbonyl (C=O) groups excluding carboxylic acids is 1. The van der Waals surface area contributed by atoms with Crippen LogP contribution in [0.3, 0.4) is 0 Å². The van der Waals surface area contributed by atoms with Crippen LogP contribution in [-0.4, -0.2) is 30.9 Å². The van der Waals surface area contributed by atoms with E-state index >= 15 is 0 Å². The van der Waals surface area contributed by atoms with Gasteiger partial charge in [0, 0.05) is 29.9 Å². The maximum Gasteiger partial charge on any atom is 0.222 e. The smallest absolute Gasteiger partial charge is 0.222 e. The normalized spacial score (nSPS) is 16.0. The molecule has 0 spiro atoms. The minimum Gasteiger partial charge on any atom is -0.345 e. The average molecular weight is 339 g/mol. The lowest BCUT2D eigenvalue weighted by molar-refractivity contribution is -0.130. The summed E-state index contributed by atoms with van der Waals surface area (Å²) in [6.45, 7) is 3.58. The third-order valence-electron chi connectivity index (χ3n) is 4.31. The van der Waals surface area contributed by atoms with Crippen molar-refractivity contribution in [1.82, 2.24) is 4.90 Å². The molecule has 1 aliphatic carbocycles. The third kappa shape index (κ3) is 3.83. The zero-order valence-corrected chi connectivity index (χ0v) is 13.9. The Morgan fingerprint density at radius 1 is 1.45 bits per heavy atom. The van der Waals surface area contributed by atoms with Crippen LogP contribution >= 0.6 is 15.9 Å². The van der Waals surface area contributed by atoms with Gasteiger partial charge in [0.05, 0.1) is 0 Å². The first-order valence-corrected chi connectivity index (χ1v) is 7.94. The predicted octanol–water partition coefficient (Wildman–Crippen LogP) is 2.89. The van der Waals surface area contributed by atoms with Gasteiger partial charge < -0.3 is 10.6 Å². The number of hydrogen-bond donors (Lipinski definition) is 1. The second kappa shape index (κ2) is 6.27. The Labute approximate surface area is 129 Å². The minimum absolute atomic E-state index is 0.212. The van der Waals surface area contributed by atoms with E-state index in [2.05, 4.69) is 35.0 Å². The summed E-state index contributed by atoms with van der Waals surface area (Å²) in [4.78, 5) is 14.1. The molecule has 110 valence electrons. The van der Waals surface area contributed by atoms with Gasteiger partial charge >= 0.3 is 0 Å². The van der Waals surface area contributed by atoms with Crippen LogP contribution < -0.4 is 5.73 Å². The van der Waals surface area contributed by atoms with Gasteiger partial charge in [0.1, 0.15) is 0 Å². The highest BCUT2D eigenvalue weighted by atomic mass is 79.9. The Morgan fingerprint density at radius 3 is 2.75 bits per heavy atom. The molecule has 0 radical (unpaired) electrons. The highest BCUT2D eigenvalue weighted by molar-refractivity contribution is 9.10.